The van der Waals surface area contributed by atoms with E-state index in [1.54, 1.807) is 23.5 Å². The molecule has 1 heterocycles. The van der Waals surface area contributed by atoms with Gasteiger partial charge in [-0.2, -0.15) is 0 Å². The summed E-state index contributed by atoms with van der Waals surface area (Å²) in [6.07, 6.45) is 5.36. The highest BCUT2D eigenvalue weighted by Gasteiger charge is 2.15. The van der Waals surface area contributed by atoms with Crippen molar-refractivity contribution >= 4 is 98.6 Å². The monoisotopic (exact) mass is 785 g/mol. The Hall–Kier alpha value is -3.06. The number of carboxylic acid groups (broad SMARTS) is 1. The molecule has 0 bridgehead atoms. The van der Waals surface area contributed by atoms with Gasteiger partial charge in [-0.1, -0.05) is 60.1 Å². The van der Waals surface area contributed by atoms with Crippen LogP contribution in [0.5, 0.6) is 0 Å². The molecule has 2 amide bonds. The molecule has 0 fully saturated rings. The number of hydrogen-bond acceptors (Lipinski definition) is 6. The van der Waals surface area contributed by atoms with E-state index in [0.29, 0.717) is 48.9 Å². The number of aliphatic carboxylic acids is 1. The molecule has 0 saturated heterocycles. The van der Waals surface area contributed by atoms with E-state index in [1.165, 1.54) is 0 Å². The number of fused-ring (bicyclic) bond motifs is 1. The predicted octanol–water partition coefficient (Wildman–Crippen LogP) is 7.86. The van der Waals surface area contributed by atoms with E-state index in [0.717, 1.165) is 36.9 Å². The van der Waals surface area contributed by atoms with Gasteiger partial charge in [0.05, 0.1) is 28.6 Å². The van der Waals surface area contributed by atoms with Crippen molar-refractivity contribution in [1.82, 2.24) is 15.6 Å². The summed E-state index contributed by atoms with van der Waals surface area (Å²) in [5.41, 5.74) is 4.67. The van der Waals surface area contributed by atoms with Crippen LogP contribution in [-0.4, -0.2) is 52.5 Å². The normalized spacial score (nSPS) is 11.9. The minimum Gasteiger partial charge on any atom is -0.481 e. The third-order valence-corrected chi connectivity index (χ3v) is 10.6. The zero-order chi connectivity index (χ0) is 32.7. The number of benzene rings is 3. The van der Waals surface area contributed by atoms with Crippen molar-refractivity contribution in [3.8, 4) is 0 Å². The van der Waals surface area contributed by atoms with Gasteiger partial charge in [-0.25, -0.2) is 4.98 Å². The zero-order valence-corrected chi connectivity index (χ0v) is 29.6. The quantitative estimate of drug-likeness (QED) is 0.0569. The lowest BCUT2D eigenvalue weighted by Crippen LogP contribution is -2.30. The van der Waals surface area contributed by atoms with Crippen molar-refractivity contribution in [2.75, 3.05) is 24.6 Å². The summed E-state index contributed by atoms with van der Waals surface area (Å²) in [5.74, 6) is 0.145. The van der Waals surface area contributed by atoms with Crippen molar-refractivity contribution in [2.24, 2.45) is 0 Å². The van der Waals surface area contributed by atoms with Crippen LogP contribution in [0.25, 0.3) is 23.1 Å². The van der Waals surface area contributed by atoms with Crippen LogP contribution in [0.2, 0.25) is 5.02 Å². The second kappa shape index (κ2) is 18.9. The van der Waals surface area contributed by atoms with E-state index in [1.807, 2.05) is 84.9 Å². The molecule has 0 radical (unpaired) electrons. The third kappa shape index (κ3) is 12.6. The van der Waals surface area contributed by atoms with E-state index in [9.17, 15) is 14.4 Å². The molecule has 7 nitrogen and oxygen atoms in total. The molecule has 0 aliphatic rings. The first-order valence-corrected chi connectivity index (χ1v) is 18.4. The lowest BCUT2D eigenvalue weighted by Gasteiger charge is -2.17. The number of thioether (sulfide) groups is 2. The number of nitrogens with zero attached hydrogens (tertiary/aromatic N) is 1. The molecule has 3 N–H and O–H groups in total. The minimum absolute atomic E-state index is 0.0234. The van der Waals surface area contributed by atoms with Crippen LogP contribution in [0.15, 0.2) is 78.9 Å². The highest BCUT2D eigenvalue weighted by atomic mass is 125. The summed E-state index contributed by atoms with van der Waals surface area (Å²) in [5, 5.41) is 16.7. The summed E-state index contributed by atoms with van der Waals surface area (Å²) < 4.78 is 1.10. The van der Waals surface area contributed by atoms with Crippen molar-refractivity contribution in [2.45, 2.75) is 30.3 Å². The van der Waals surface area contributed by atoms with Gasteiger partial charge in [-0.15, -0.1) is 23.5 Å². The predicted molar refractivity (Wildman–Crippen MR) is 200 cm³/mol. The molecular formula is C35H35ClIN3O4S2. The summed E-state index contributed by atoms with van der Waals surface area (Å²) in [4.78, 5) is 40.5. The molecule has 0 spiro atoms. The molecule has 4 aromatic rings. The number of rotatable bonds is 17. The molecule has 0 aliphatic heterocycles. The molecule has 240 valence electrons. The number of carbonyl (C=O) groups is 3. The summed E-state index contributed by atoms with van der Waals surface area (Å²) in [6, 6.07) is 25.6. The summed E-state index contributed by atoms with van der Waals surface area (Å²) >= 11 is 11.6. The summed E-state index contributed by atoms with van der Waals surface area (Å²) in [7, 11) is 0. The van der Waals surface area contributed by atoms with Gasteiger partial charge in [0.15, 0.2) is 0 Å². The van der Waals surface area contributed by atoms with Crippen LogP contribution in [0.3, 0.4) is 0 Å². The maximum atomic E-state index is 12.5. The lowest BCUT2D eigenvalue weighted by atomic mass is 10.1. The average Bonchev–Trinajstić information content (AvgIpc) is 3.03. The van der Waals surface area contributed by atoms with Crippen LogP contribution in [0.4, 0.5) is 0 Å². The Labute approximate surface area is 296 Å². The first kappa shape index (κ1) is 35.8. The SMILES string of the molecule is O=C(O)CCSC(SCCC(=O)NCCCNC(=O)Cc1ccc([125I])cc1)c1cccc(/C=C/c2ccc3ccc(Cl)cc3n2)c1. The second-order valence-corrected chi connectivity index (χ2v) is 14.8. The zero-order valence-electron chi connectivity index (χ0n) is 25.1. The Balaban J connectivity index is 1.24. The van der Waals surface area contributed by atoms with Crippen LogP contribution in [0.1, 0.15) is 46.2 Å². The van der Waals surface area contributed by atoms with E-state index in [-0.39, 0.29) is 22.8 Å². The molecule has 46 heavy (non-hydrogen) atoms. The topological polar surface area (TPSA) is 108 Å². The first-order valence-electron chi connectivity index (χ1n) is 14.8. The van der Waals surface area contributed by atoms with E-state index >= 15 is 0 Å². The number of carboxylic acids is 1. The molecular weight excluding hydrogens is 751 g/mol. The van der Waals surface area contributed by atoms with Crippen molar-refractivity contribution in [1.29, 1.82) is 0 Å². The maximum Gasteiger partial charge on any atom is 0.304 e. The van der Waals surface area contributed by atoms with Crippen LogP contribution in [-0.2, 0) is 20.8 Å². The van der Waals surface area contributed by atoms with Gasteiger partial charge in [-0.05, 0) is 88.2 Å². The number of pyridine rings is 1. The van der Waals surface area contributed by atoms with E-state index in [4.69, 9.17) is 16.7 Å². The smallest absolute Gasteiger partial charge is 0.304 e. The molecule has 0 aliphatic carbocycles. The van der Waals surface area contributed by atoms with Crippen LogP contribution in [0, 0.1) is 3.57 Å². The number of hydrogen-bond donors (Lipinski definition) is 3. The van der Waals surface area contributed by atoms with Gasteiger partial charge in [0.25, 0.3) is 0 Å². The number of halogens is 2. The fourth-order valence-corrected chi connectivity index (χ4v) is 7.62. The fraction of sp³-hybridized carbons (Fsp3) is 0.257. The minimum atomic E-state index is -0.831. The van der Waals surface area contributed by atoms with Crippen molar-refractivity contribution in [3.05, 3.63) is 110 Å². The number of amides is 2. The maximum absolute atomic E-state index is 12.5. The number of aromatic nitrogens is 1. The van der Waals surface area contributed by atoms with E-state index < -0.39 is 5.97 Å². The van der Waals surface area contributed by atoms with Gasteiger partial charge in [0.1, 0.15) is 0 Å². The molecule has 0 saturated carbocycles. The van der Waals surface area contributed by atoms with Crippen molar-refractivity contribution < 1.29 is 19.5 Å². The van der Waals surface area contributed by atoms with Gasteiger partial charge in [-0.3, -0.25) is 14.4 Å². The number of nitrogens with one attached hydrogen (secondary N) is 2. The lowest BCUT2D eigenvalue weighted by molar-refractivity contribution is -0.136. The third-order valence-electron chi connectivity index (χ3n) is 6.76. The van der Waals surface area contributed by atoms with Gasteiger partial charge < -0.3 is 15.7 Å². The van der Waals surface area contributed by atoms with Crippen LogP contribution >= 0.6 is 57.7 Å². The molecule has 11 heteroatoms. The molecule has 3 aromatic carbocycles. The van der Waals surface area contributed by atoms with E-state index in [2.05, 4.69) is 44.3 Å². The molecule has 1 atom stereocenters. The Morgan fingerprint density at radius 2 is 1.59 bits per heavy atom. The second-order valence-electron chi connectivity index (χ2n) is 10.4. The Kier molecular flexibility index (Phi) is 14.7. The molecule has 1 aromatic heterocycles. The average molecular weight is 786 g/mol. The Morgan fingerprint density at radius 3 is 2.35 bits per heavy atom. The first-order chi connectivity index (χ1) is 22.2. The van der Waals surface area contributed by atoms with Crippen molar-refractivity contribution in [3.63, 3.8) is 0 Å². The summed E-state index contributed by atoms with van der Waals surface area (Å²) in [6.45, 7) is 0.980. The highest BCUT2D eigenvalue weighted by Crippen LogP contribution is 2.40. The largest absolute Gasteiger partial charge is 0.481 e. The number of carbonyl (C=O) groups excluding carboxylic acids is 2. The van der Waals surface area contributed by atoms with Gasteiger partial charge >= 0.3 is 5.97 Å². The van der Waals surface area contributed by atoms with Gasteiger partial charge in [0.2, 0.25) is 11.8 Å². The van der Waals surface area contributed by atoms with Gasteiger partial charge in [0, 0.05) is 45.0 Å². The highest BCUT2D eigenvalue weighted by molar-refractivity contribution is 14.1. The Bertz CT molecular complexity index is 1670. The van der Waals surface area contributed by atoms with Crippen LogP contribution < -0.4 is 10.6 Å². The Morgan fingerprint density at radius 1 is 0.870 bits per heavy atom. The fourth-order valence-electron chi connectivity index (χ4n) is 4.42. The molecule has 1 unspecified atom stereocenters. The standard InChI is InChI=1S/C35H35ClIN3O4S2/c36-28-10-8-26-9-14-30(40-31(26)23-28)13-7-24-3-1-4-27(21-24)35(46-20-16-34(43)44)45-19-15-32(41)38-17-2-18-39-33(42)22-25-5-11-29(37)12-6-25/h1,3-14,21,23,35H,2,15-20,22H2,(H,38,41)(H,39,42)(H,43,44)/b13-7+/i37-2. The molecule has 4 rings (SSSR count).